The Morgan fingerprint density at radius 1 is 1.21 bits per heavy atom. The number of hydrogen-bond acceptors (Lipinski definition) is 5. The smallest absolute Gasteiger partial charge is 0.209 e. The topological polar surface area (TPSA) is 67.9 Å². The molecule has 1 aromatic rings. The number of sulfonamides is 1. The molecule has 1 fully saturated rings. The minimum absolute atomic E-state index is 0.0304. The first-order valence-corrected chi connectivity index (χ1v) is 10.3. The van der Waals surface area contributed by atoms with Gasteiger partial charge in [-0.15, -0.1) is 0 Å². The Hall–Kier alpha value is -1.31. The lowest BCUT2D eigenvalue weighted by molar-refractivity contribution is 0.171. The molecule has 0 saturated carbocycles. The van der Waals surface area contributed by atoms with Crippen molar-refractivity contribution in [3.8, 4) is 11.5 Å². The molecule has 2 aliphatic heterocycles. The highest BCUT2D eigenvalue weighted by Crippen LogP contribution is 2.32. The van der Waals surface area contributed by atoms with Crippen LogP contribution in [0.25, 0.3) is 0 Å². The molecule has 1 N–H and O–H groups in total. The third-order valence-corrected chi connectivity index (χ3v) is 5.41. The lowest BCUT2D eigenvalue weighted by Gasteiger charge is -2.22. The Bertz CT molecular complexity index is 690. The van der Waals surface area contributed by atoms with Gasteiger partial charge in [0.1, 0.15) is 13.2 Å². The average molecular weight is 354 g/mol. The molecule has 6 nitrogen and oxygen atoms in total. The van der Waals surface area contributed by atoms with Crippen LogP contribution in [0.2, 0.25) is 0 Å². The number of nitrogens with zero attached hydrogens (tertiary/aromatic N) is 1. The summed E-state index contributed by atoms with van der Waals surface area (Å²) in [4.78, 5) is 2.30. The van der Waals surface area contributed by atoms with Crippen LogP contribution < -0.4 is 14.2 Å². The molecule has 1 saturated heterocycles. The second-order valence-electron chi connectivity index (χ2n) is 7.08. The molecule has 0 radical (unpaired) electrons. The second-order valence-corrected chi connectivity index (χ2v) is 8.86. The van der Waals surface area contributed by atoms with Crippen LogP contribution >= 0.6 is 0 Å². The molecule has 0 bridgehead atoms. The first-order valence-electron chi connectivity index (χ1n) is 8.40. The molecule has 7 heteroatoms. The molecule has 0 spiro atoms. The maximum atomic E-state index is 11.6. The lowest BCUT2D eigenvalue weighted by atomic mass is 9.92. The fraction of sp³-hybridized carbons (Fsp3) is 0.647. The number of hydrogen-bond donors (Lipinski definition) is 1. The van der Waals surface area contributed by atoms with Crippen LogP contribution in [0.15, 0.2) is 18.2 Å². The largest absolute Gasteiger partial charge is 0.486 e. The van der Waals surface area contributed by atoms with E-state index in [0.717, 1.165) is 36.7 Å². The van der Waals surface area contributed by atoms with E-state index >= 15 is 0 Å². The summed E-state index contributed by atoms with van der Waals surface area (Å²) >= 11 is 0. The van der Waals surface area contributed by atoms with Crippen molar-refractivity contribution in [2.75, 3.05) is 32.6 Å². The van der Waals surface area contributed by atoms with E-state index < -0.39 is 10.0 Å². The molecule has 0 aromatic heterocycles. The van der Waals surface area contributed by atoms with Gasteiger partial charge in [-0.3, -0.25) is 4.90 Å². The van der Waals surface area contributed by atoms with Crippen molar-refractivity contribution in [3.05, 3.63) is 23.8 Å². The van der Waals surface area contributed by atoms with E-state index in [-0.39, 0.29) is 6.04 Å². The van der Waals surface area contributed by atoms with Crippen molar-refractivity contribution in [3.63, 3.8) is 0 Å². The Morgan fingerprint density at radius 2 is 1.92 bits per heavy atom. The fourth-order valence-corrected chi connectivity index (χ4v) is 4.36. The van der Waals surface area contributed by atoms with E-state index in [1.54, 1.807) is 0 Å². The number of benzene rings is 1. The molecular formula is C17H26N2O4S. The maximum absolute atomic E-state index is 11.6. The molecule has 0 aliphatic carbocycles. The van der Waals surface area contributed by atoms with Gasteiger partial charge < -0.3 is 9.47 Å². The van der Waals surface area contributed by atoms with E-state index in [1.807, 2.05) is 12.1 Å². The van der Waals surface area contributed by atoms with Gasteiger partial charge in [-0.1, -0.05) is 19.9 Å². The summed E-state index contributed by atoms with van der Waals surface area (Å²) in [5.41, 5.74) is 1.15. The molecule has 3 rings (SSSR count). The predicted octanol–water partition coefficient (Wildman–Crippen LogP) is 1.46. The fourth-order valence-electron chi connectivity index (χ4n) is 3.56. The first-order chi connectivity index (χ1) is 11.3. The molecule has 2 unspecified atom stereocenters. The zero-order chi connectivity index (χ0) is 17.3. The molecule has 2 heterocycles. The Balaban J connectivity index is 1.69. The third kappa shape index (κ3) is 4.20. The number of fused-ring (bicyclic) bond motifs is 1. The van der Waals surface area contributed by atoms with Crippen LogP contribution in [0.5, 0.6) is 11.5 Å². The summed E-state index contributed by atoms with van der Waals surface area (Å²) < 4.78 is 37.2. The number of rotatable bonds is 5. The van der Waals surface area contributed by atoms with E-state index in [1.165, 1.54) is 6.26 Å². The minimum Gasteiger partial charge on any atom is -0.486 e. The van der Waals surface area contributed by atoms with Crippen molar-refractivity contribution in [1.29, 1.82) is 0 Å². The molecular weight excluding hydrogens is 328 g/mol. The number of likely N-dealkylation sites (tertiary alicyclic amines) is 1. The normalized spacial score (nSPS) is 24.5. The molecule has 0 amide bonds. The van der Waals surface area contributed by atoms with Crippen LogP contribution in [-0.2, 0) is 16.6 Å². The van der Waals surface area contributed by atoms with Gasteiger partial charge in [-0.2, -0.15) is 0 Å². The van der Waals surface area contributed by atoms with Gasteiger partial charge in [0.25, 0.3) is 0 Å². The van der Waals surface area contributed by atoms with Crippen molar-refractivity contribution < 1.29 is 17.9 Å². The zero-order valence-electron chi connectivity index (χ0n) is 14.5. The molecule has 1 aromatic carbocycles. The summed E-state index contributed by atoms with van der Waals surface area (Å²) in [5.74, 6) is 2.33. The van der Waals surface area contributed by atoms with Gasteiger partial charge in [0.05, 0.1) is 6.26 Å². The highest BCUT2D eigenvalue weighted by atomic mass is 32.2. The van der Waals surface area contributed by atoms with Gasteiger partial charge in [-0.25, -0.2) is 13.1 Å². The van der Waals surface area contributed by atoms with E-state index in [4.69, 9.17) is 9.47 Å². The Morgan fingerprint density at radius 3 is 2.58 bits per heavy atom. The summed E-state index contributed by atoms with van der Waals surface area (Å²) in [6.07, 6.45) is 1.23. The molecule has 134 valence electrons. The Kier molecular flexibility index (Phi) is 5.03. The van der Waals surface area contributed by atoms with Crippen LogP contribution in [0, 0.1) is 11.8 Å². The van der Waals surface area contributed by atoms with Gasteiger partial charge in [0, 0.05) is 25.7 Å². The van der Waals surface area contributed by atoms with Crippen molar-refractivity contribution in [2.45, 2.75) is 26.4 Å². The van der Waals surface area contributed by atoms with Crippen LogP contribution in [-0.4, -0.2) is 51.9 Å². The van der Waals surface area contributed by atoms with Crippen molar-refractivity contribution in [2.24, 2.45) is 11.8 Å². The molecule has 2 atom stereocenters. The summed E-state index contributed by atoms with van der Waals surface area (Å²) in [6, 6.07) is 5.99. The highest BCUT2D eigenvalue weighted by molar-refractivity contribution is 7.88. The van der Waals surface area contributed by atoms with E-state index in [0.29, 0.717) is 25.0 Å². The predicted molar refractivity (Wildman–Crippen MR) is 92.8 cm³/mol. The first kappa shape index (κ1) is 17.5. The SMILES string of the molecule is CC(C)C1CN(Cc2ccc3c(c2)OCCO3)CC1NS(C)(=O)=O. The summed E-state index contributed by atoms with van der Waals surface area (Å²) in [5, 5.41) is 0. The van der Waals surface area contributed by atoms with E-state index in [2.05, 4.69) is 29.5 Å². The van der Waals surface area contributed by atoms with Gasteiger partial charge in [0.15, 0.2) is 11.5 Å². The molecule has 24 heavy (non-hydrogen) atoms. The monoisotopic (exact) mass is 354 g/mol. The van der Waals surface area contributed by atoms with E-state index in [9.17, 15) is 8.42 Å². The van der Waals surface area contributed by atoms with Crippen LogP contribution in [0.4, 0.5) is 0 Å². The van der Waals surface area contributed by atoms with Gasteiger partial charge >= 0.3 is 0 Å². The number of nitrogens with one attached hydrogen (secondary N) is 1. The maximum Gasteiger partial charge on any atom is 0.209 e. The van der Waals surface area contributed by atoms with Gasteiger partial charge in [-0.05, 0) is 29.5 Å². The number of ether oxygens (including phenoxy) is 2. The van der Waals surface area contributed by atoms with Gasteiger partial charge in [0.2, 0.25) is 10.0 Å². The summed E-state index contributed by atoms with van der Waals surface area (Å²) in [6.45, 7) is 7.86. The minimum atomic E-state index is -3.20. The summed E-state index contributed by atoms with van der Waals surface area (Å²) in [7, 11) is -3.20. The Labute approximate surface area is 144 Å². The van der Waals surface area contributed by atoms with Crippen molar-refractivity contribution >= 4 is 10.0 Å². The quantitative estimate of drug-likeness (QED) is 0.867. The highest BCUT2D eigenvalue weighted by Gasteiger charge is 2.36. The van der Waals surface area contributed by atoms with Crippen LogP contribution in [0.1, 0.15) is 19.4 Å². The second kappa shape index (κ2) is 6.90. The molecule has 2 aliphatic rings. The standard InChI is InChI=1S/C17H26N2O4S/c1-12(2)14-10-19(11-15(14)18-24(3,20)21)9-13-4-5-16-17(8-13)23-7-6-22-16/h4-5,8,12,14-15,18H,6-7,9-11H2,1-3H3. The average Bonchev–Trinajstić information content (AvgIpc) is 2.87. The van der Waals surface area contributed by atoms with Crippen LogP contribution in [0.3, 0.4) is 0 Å². The van der Waals surface area contributed by atoms with Crippen molar-refractivity contribution in [1.82, 2.24) is 9.62 Å². The third-order valence-electron chi connectivity index (χ3n) is 4.68. The zero-order valence-corrected chi connectivity index (χ0v) is 15.3. The lowest BCUT2D eigenvalue weighted by Crippen LogP contribution is -2.41.